The zero-order valence-electron chi connectivity index (χ0n) is 26.6. The number of methoxy groups -OCH3 is 1. The molecule has 2 N–H and O–H groups in total. The lowest BCUT2D eigenvalue weighted by atomic mass is 10.0. The molecule has 3 aromatic rings. The molecule has 260 valence electrons. The van der Waals surface area contributed by atoms with Gasteiger partial charge in [0.1, 0.15) is 11.5 Å². The highest BCUT2D eigenvalue weighted by atomic mass is 32.2. The first-order valence-corrected chi connectivity index (χ1v) is 16.6. The van der Waals surface area contributed by atoms with Crippen LogP contribution in [0.4, 0.5) is 23.7 Å². The number of benzene rings is 3. The molecular weight excluding hydrogens is 655 g/mol. The quantitative estimate of drug-likeness (QED) is 0.233. The van der Waals surface area contributed by atoms with Crippen molar-refractivity contribution in [3.63, 3.8) is 0 Å². The van der Waals surface area contributed by atoms with Crippen molar-refractivity contribution in [2.45, 2.75) is 56.2 Å². The van der Waals surface area contributed by atoms with Crippen molar-refractivity contribution < 1.29 is 50.5 Å². The number of carbonyl (C=O) groups is 2. The second-order valence-corrected chi connectivity index (χ2v) is 13.3. The number of anilines is 1. The second-order valence-electron chi connectivity index (χ2n) is 11.4. The molecule has 48 heavy (non-hydrogen) atoms. The van der Waals surface area contributed by atoms with Crippen molar-refractivity contribution in [3.8, 4) is 11.5 Å². The number of amides is 2. The maximum absolute atomic E-state index is 13.8. The van der Waals surface area contributed by atoms with Gasteiger partial charge in [0, 0.05) is 19.2 Å². The predicted octanol–water partition coefficient (Wildman–Crippen LogP) is 4.74. The van der Waals surface area contributed by atoms with Crippen LogP contribution >= 0.6 is 0 Å². The van der Waals surface area contributed by atoms with E-state index in [4.69, 9.17) is 9.47 Å². The topological polar surface area (TPSA) is 135 Å². The van der Waals surface area contributed by atoms with Crippen LogP contribution in [0.25, 0.3) is 0 Å². The monoisotopic (exact) mass is 693 g/mol. The van der Waals surface area contributed by atoms with Gasteiger partial charge in [0.2, 0.25) is 10.0 Å². The van der Waals surface area contributed by atoms with Gasteiger partial charge in [-0.25, -0.2) is 13.2 Å². The van der Waals surface area contributed by atoms with Gasteiger partial charge in [0.05, 0.1) is 36.4 Å². The first-order valence-electron chi connectivity index (χ1n) is 15.2. The molecule has 1 heterocycles. The number of rotatable bonds is 15. The Balaban J connectivity index is 1.55. The van der Waals surface area contributed by atoms with E-state index in [2.05, 4.69) is 10.1 Å². The van der Waals surface area contributed by atoms with Gasteiger partial charge in [-0.05, 0) is 54.3 Å². The number of sulfonamides is 1. The smallest absolute Gasteiger partial charge is 0.497 e. The average molecular weight is 694 g/mol. The molecule has 11 nitrogen and oxygen atoms in total. The summed E-state index contributed by atoms with van der Waals surface area (Å²) in [7, 11) is -2.62. The average Bonchev–Trinajstić information content (AvgIpc) is 3.45. The molecule has 0 aromatic heterocycles. The molecule has 3 aromatic carbocycles. The molecule has 0 radical (unpaired) electrons. The molecule has 0 spiro atoms. The minimum Gasteiger partial charge on any atom is -0.497 e. The fourth-order valence-electron chi connectivity index (χ4n) is 5.07. The Hall–Kier alpha value is -4.34. The van der Waals surface area contributed by atoms with Crippen molar-refractivity contribution in [1.29, 1.82) is 0 Å². The van der Waals surface area contributed by atoms with Crippen molar-refractivity contribution in [2.24, 2.45) is 5.92 Å². The summed E-state index contributed by atoms with van der Waals surface area (Å²) in [5, 5.41) is 14.3. The molecule has 15 heteroatoms. The zero-order valence-corrected chi connectivity index (χ0v) is 27.4. The van der Waals surface area contributed by atoms with Crippen LogP contribution in [0.2, 0.25) is 0 Å². The number of aliphatic hydroxyl groups excluding tert-OH is 1. The third-order valence-corrected chi connectivity index (χ3v) is 9.70. The molecule has 2 amide bonds. The molecule has 1 saturated heterocycles. The first-order chi connectivity index (χ1) is 22.7. The maximum Gasteiger partial charge on any atom is 0.573 e. The highest BCUT2D eigenvalue weighted by molar-refractivity contribution is 7.89. The van der Waals surface area contributed by atoms with E-state index in [1.54, 1.807) is 30.3 Å². The van der Waals surface area contributed by atoms with Crippen LogP contribution in [-0.4, -0.2) is 81.2 Å². The molecule has 4 atom stereocenters. The van der Waals surface area contributed by atoms with E-state index in [-0.39, 0.29) is 42.6 Å². The van der Waals surface area contributed by atoms with Crippen LogP contribution in [0.15, 0.2) is 83.8 Å². The molecule has 0 aliphatic carbocycles. The highest BCUT2D eigenvalue weighted by Crippen LogP contribution is 2.29. The van der Waals surface area contributed by atoms with Crippen LogP contribution in [-0.2, 0) is 26.0 Å². The summed E-state index contributed by atoms with van der Waals surface area (Å²) in [5.74, 6) is -0.920. The van der Waals surface area contributed by atoms with Gasteiger partial charge in [-0.2, -0.15) is 4.31 Å². The number of alkyl halides is 3. The first kappa shape index (κ1) is 36.5. The number of aliphatic hydroxyl groups is 1. The molecule has 4 rings (SSSR count). The van der Waals surface area contributed by atoms with Crippen molar-refractivity contribution in [2.75, 3.05) is 31.6 Å². The normalized spacial score (nSPS) is 17.0. The number of carbonyl (C=O) groups excluding carboxylic acids is 2. The lowest BCUT2D eigenvalue weighted by Crippen LogP contribution is -2.53. The van der Waals surface area contributed by atoms with Gasteiger partial charge >= 0.3 is 12.5 Å². The van der Waals surface area contributed by atoms with E-state index in [0.717, 1.165) is 22.6 Å². The van der Waals surface area contributed by atoms with Gasteiger partial charge < -0.3 is 24.6 Å². The largest absolute Gasteiger partial charge is 0.573 e. The highest BCUT2D eigenvalue weighted by Gasteiger charge is 2.40. The number of hydrogen-bond donors (Lipinski definition) is 2. The van der Waals surface area contributed by atoms with Crippen molar-refractivity contribution >= 4 is 27.7 Å². The van der Waals surface area contributed by atoms with E-state index >= 15 is 0 Å². The molecule has 0 saturated carbocycles. The van der Waals surface area contributed by atoms with E-state index in [0.29, 0.717) is 12.2 Å². The Morgan fingerprint density at radius 3 is 2.38 bits per heavy atom. The molecule has 1 fully saturated rings. The van der Waals surface area contributed by atoms with E-state index in [9.17, 15) is 36.3 Å². The van der Waals surface area contributed by atoms with Crippen molar-refractivity contribution in [3.05, 3.63) is 84.4 Å². The summed E-state index contributed by atoms with van der Waals surface area (Å²) in [6, 6.07) is 18.4. The van der Waals surface area contributed by atoms with E-state index in [1.165, 1.54) is 47.8 Å². The summed E-state index contributed by atoms with van der Waals surface area (Å²) < 4.78 is 81.3. The summed E-state index contributed by atoms with van der Waals surface area (Å²) in [6.45, 7) is 3.21. The molecule has 1 aliphatic rings. The van der Waals surface area contributed by atoms with Crippen LogP contribution in [0.3, 0.4) is 0 Å². The number of nitrogens with zero attached hydrogens (tertiary/aromatic N) is 2. The summed E-state index contributed by atoms with van der Waals surface area (Å²) in [5.41, 5.74) is 0.752. The van der Waals surface area contributed by atoms with Crippen LogP contribution in [0, 0.1) is 5.92 Å². The fraction of sp³-hybridized carbons (Fsp3) is 0.394. The number of cyclic esters (lactones) is 1. The van der Waals surface area contributed by atoms with Gasteiger partial charge in [-0.15, -0.1) is 13.2 Å². The number of hydrogen-bond acceptors (Lipinski definition) is 8. The van der Waals surface area contributed by atoms with Gasteiger partial charge in [-0.3, -0.25) is 9.69 Å². The van der Waals surface area contributed by atoms with Crippen LogP contribution < -0.4 is 19.7 Å². The van der Waals surface area contributed by atoms with Crippen molar-refractivity contribution in [1.82, 2.24) is 9.62 Å². The molecule has 0 unspecified atom stereocenters. The lowest BCUT2D eigenvalue weighted by Gasteiger charge is -2.31. The SMILES string of the molecule is CC[C@H](C)CN(C[C@@H](O)[C@H](Cc1ccccc1)NC(=O)[C@@H]1CN(c2cccc(OC(F)(F)F)c2)C(=O)O1)S(=O)(=O)c1ccc(OC)cc1. The lowest BCUT2D eigenvalue weighted by molar-refractivity contribution is -0.274. The Bertz CT molecular complexity index is 1640. The van der Waals surface area contributed by atoms with Crippen LogP contribution in [0.1, 0.15) is 25.8 Å². The van der Waals surface area contributed by atoms with Crippen LogP contribution in [0.5, 0.6) is 11.5 Å². The Kier molecular flexibility index (Phi) is 11.9. The molecular formula is C33H38F3N3O8S. The summed E-state index contributed by atoms with van der Waals surface area (Å²) in [6.07, 6.45) is -7.92. The second kappa shape index (κ2) is 15.7. The predicted molar refractivity (Wildman–Crippen MR) is 170 cm³/mol. The Morgan fingerprint density at radius 2 is 1.75 bits per heavy atom. The minimum absolute atomic E-state index is 0.00473. The summed E-state index contributed by atoms with van der Waals surface area (Å²) >= 11 is 0. The third-order valence-electron chi connectivity index (χ3n) is 7.86. The number of nitrogens with one attached hydrogen (secondary N) is 1. The van der Waals surface area contributed by atoms with Gasteiger partial charge in [0.15, 0.2) is 6.10 Å². The molecule has 0 bridgehead atoms. The van der Waals surface area contributed by atoms with E-state index < -0.39 is 52.4 Å². The Morgan fingerprint density at radius 1 is 1.06 bits per heavy atom. The minimum atomic E-state index is -4.95. The molecule has 1 aliphatic heterocycles. The zero-order chi connectivity index (χ0) is 35.1. The summed E-state index contributed by atoms with van der Waals surface area (Å²) in [4.78, 5) is 27.2. The standard InChI is InChI=1S/C33H38F3N3O8S/c1-4-22(2)19-38(48(43,44)27-15-13-25(45-3)14-16-27)20-29(40)28(17-23-9-6-5-7-10-23)37-31(41)30-21-39(32(42)46-30)24-11-8-12-26(18-24)47-33(34,35)36/h5-16,18,22,28-30,40H,4,17,19-21H2,1-3H3,(H,37,41)/t22-,28-,29+,30-/m0/s1. The van der Waals surface area contributed by atoms with E-state index in [1.807, 2.05) is 13.8 Å². The Labute approximate surface area is 277 Å². The third kappa shape index (κ3) is 9.61. The van der Waals surface area contributed by atoms with Gasteiger partial charge in [-0.1, -0.05) is 56.7 Å². The number of halogens is 3. The van der Waals surface area contributed by atoms with Gasteiger partial charge in [0.25, 0.3) is 5.91 Å². The fourth-order valence-corrected chi connectivity index (χ4v) is 6.64. The maximum atomic E-state index is 13.8. The number of ether oxygens (including phenoxy) is 3.